The number of carbonyl (C=O) groups excluding carboxylic acids is 1. The number of urea groups is 1. The minimum atomic E-state index is -1.03. The summed E-state index contributed by atoms with van der Waals surface area (Å²) < 4.78 is 5.43. The van der Waals surface area contributed by atoms with Gasteiger partial charge in [0.25, 0.3) is 0 Å². The highest BCUT2D eigenvalue weighted by Gasteiger charge is 2.34. The molecular weight excluding hydrogens is 248 g/mol. The van der Waals surface area contributed by atoms with E-state index in [4.69, 9.17) is 9.84 Å². The maximum atomic E-state index is 12.3. The van der Waals surface area contributed by atoms with E-state index in [1.54, 1.807) is 12.0 Å². The first-order valence-electron chi connectivity index (χ1n) is 6.33. The maximum Gasteiger partial charge on any atom is 0.323 e. The van der Waals surface area contributed by atoms with E-state index in [1.807, 2.05) is 6.92 Å². The lowest BCUT2D eigenvalue weighted by Crippen LogP contribution is -2.54. The summed E-state index contributed by atoms with van der Waals surface area (Å²) in [6.45, 7) is 6.53. The van der Waals surface area contributed by atoms with Crippen LogP contribution in [-0.2, 0) is 9.53 Å². The van der Waals surface area contributed by atoms with Gasteiger partial charge in [0.1, 0.15) is 6.54 Å². The third kappa shape index (κ3) is 4.24. The van der Waals surface area contributed by atoms with E-state index in [9.17, 15) is 9.59 Å². The van der Waals surface area contributed by atoms with Crippen LogP contribution < -0.4 is 0 Å². The minimum Gasteiger partial charge on any atom is -0.480 e. The van der Waals surface area contributed by atoms with Gasteiger partial charge in [-0.2, -0.15) is 0 Å². The van der Waals surface area contributed by atoms with E-state index in [-0.39, 0.29) is 24.7 Å². The molecule has 1 fully saturated rings. The van der Waals surface area contributed by atoms with Gasteiger partial charge in [0.05, 0.1) is 12.1 Å². The topological polar surface area (TPSA) is 70.1 Å². The van der Waals surface area contributed by atoms with Crippen molar-refractivity contribution in [3.05, 3.63) is 12.7 Å². The Hall–Kier alpha value is -1.56. The van der Waals surface area contributed by atoms with Gasteiger partial charge in [-0.25, -0.2) is 4.79 Å². The van der Waals surface area contributed by atoms with Gasteiger partial charge < -0.3 is 19.6 Å². The number of piperidine rings is 1. The molecule has 108 valence electrons. The monoisotopic (exact) mass is 270 g/mol. The van der Waals surface area contributed by atoms with E-state index in [0.29, 0.717) is 13.1 Å². The third-order valence-electron chi connectivity index (χ3n) is 3.37. The number of aliphatic carboxylic acids is 1. The van der Waals surface area contributed by atoms with Crippen LogP contribution in [0.25, 0.3) is 0 Å². The third-order valence-corrected chi connectivity index (χ3v) is 3.37. The molecule has 2 amide bonds. The Morgan fingerprint density at radius 2 is 2.26 bits per heavy atom. The molecule has 0 bridgehead atoms. The van der Waals surface area contributed by atoms with Gasteiger partial charge in [-0.3, -0.25) is 4.79 Å². The lowest BCUT2D eigenvalue weighted by molar-refractivity contribution is -0.137. The van der Waals surface area contributed by atoms with Crippen molar-refractivity contribution in [2.24, 2.45) is 0 Å². The molecule has 1 aliphatic rings. The van der Waals surface area contributed by atoms with Crippen molar-refractivity contribution in [3.8, 4) is 0 Å². The summed E-state index contributed by atoms with van der Waals surface area (Å²) in [5, 5.41) is 8.84. The summed E-state index contributed by atoms with van der Waals surface area (Å²) in [4.78, 5) is 26.0. The van der Waals surface area contributed by atoms with Crippen LogP contribution in [0.15, 0.2) is 12.7 Å². The van der Waals surface area contributed by atoms with Gasteiger partial charge in [0.2, 0.25) is 0 Å². The second-order valence-corrected chi connectivity index (χ2v) is 5.02. The van der Waals surface area contributed by atoms with Crippen LogP contribution in [0.3, 0.4) is 0 Å². The molecule has 6 heteroatoms. The standard InChI is InChI=1S/C13H22N2O4/c1-4-7-14(9-11(16)17)12(18)15-8-5-6-13(2,10-15)19-3/h4H,1,5-10H2,2-3H3,(H,16,17). The molecular formula is C13H22N2O4. The lowest BCUT2D eigenvalue weighted by atomic mass is 9.95. The highest BCUT2D eigenvalue weighted by molar-refractivity contribution is 5.80. The number of methoxy groups -OCH3 is 1. The number of hydrogen-bond donors (Lipinski definition) is 1. The summed E-state index contributed by atoms with van der Waals surface area (Å²) >= 11 is 0. The average molecular weight is 270 g/mol. The molecule has 1 atom stereocenters. The molecule has 6 nitrogen and oxygen atoms in total. The molecule has 0 saturated carbocycles. The molecule has 0 aromatic carbocycles. The number of ether oxygens (including phenoxy) is 1. The zero-order valence-corrected chi connectivity index (χ0v) is 11.6. The van der Waals surface area contributed by atoms with Crippen molar-refractivity contribution >= 4 is 12.0 Å². The predicted octanol–water partition coefficient (Wildman–Crippen LogP) is 1.18. The largest absolute Gasteiger partial charge is 0.480 e. The first-order valence-corrected chi connectivity index (χ1v) is 6.33. The molecule has 0 aromatic rings. The van der Waals surface area contributed by atoms with Crippen molar-refractivity contribution in [1.82, 2.24) is 9.80 Å². The van der Waals surface area contributed by atoms with Crippen LogP contribution >= 0.6 is 0 Å². The Kier molecular flexibility index (Phi) is 5.35. The van der Waals surface area contributed by atoms with E-state index >= 15 is 0 Å². The van der Waals surface area contributed by atoms with Crippen molar-refractivity contribution in [2.45, 2.75) is 25.4 Å². The Bertz CT molecular complexity index is 359. The fourth-order valence-corrected chi connectivity index (χ4v) is 2.26. The van der Waals surface area contributed by atoms with E-state index in [1.165, 1.54) is 11.0 Å². The van der Waals surface area contributed by atoms with Gasteiger partial charge in [0, 0.05) is 20.2 Å². The highest BCUT2D eigenvalue weighted by atomic mass is 16.5. The van der Waals surface area contributed by atoms with Crippen LogP contribution in [0.4, 0.5) is 4.79 Å². The van der Waals surface area contributed by atoms with E-state index < -0.39 is 5.97 Å². The first kappa shape index (κ1) is 15.5. The number of rotatable bonds is 5. The average Bonchev–Trinajstić information content (AvgIpc) is 2.37. The number of carboxylic acid groups (broad SMARTS) is 1. The molecule has 1 unspecified atom stereocenters. The fourth-order valence-electron chi connectivity index (χ4n) is 2.26. The fraction of sp³-hybridized carbons (Fsp3) is 0.692. The molecule has 1 aliphatic heterocycles. The Morgan fingerprint density at radius 1 is 1.58 bits per heavy atom. The zero-order chi connectivity index (χ0) is 14.5. The van der Waals surface area contributed by atoms with E-state index in [0.717, 1.165) is 12.8 Å². The smallest absolute Gasteiger partial charge is 0.323 e. The van der Waals surface area contributed by atoms with Crippen molar-refractivity contribution in [2.75, 3.05) is 33.3 Å². The summed E-state index contributed by atoms with van der Waals surface area (Å²) in [5.74, 6) is -1.03. The van der Waals surface area contributed by atoms with Gasteiger partial charge >= 0.3 is 12.0 Å². The first-order chi connectivity index (χ1) is 8.91. The lowest BCUT2D eigenvalue weighted by Gasteiger charge is -2.41. The van der Waals surface area contributed by atoms with Crippen molar-refractivity contribution in [1.29, 1.82) is 0 Å². The summed E-state index contributed by atoms with van der Waals surface area (Å²) in [6, 6.07) is -0.273. The van der Waals surface area contributed by atoms with Crippen LogP contribution in [0.5, 0.6) is 0 Å². The molecule has 1 rings (SSSR count). The molecule has 0 aliphatic carbocycles. The maximum absolute atomic E-state index is 12.3. The zero-order valence-electron chi connectivity index (χ0n) is 11.6. The van der Waals surface area contributed by atoms with Gasteiger partial charge in [-0.15, -0.1) is 6.58 Å². The van der Waals surface area contributed by atoms with Crippen LogP contribution in [-0.4, -0.2) is 65.8 Å². The van der Waals surface area contributed by atoms with Crippen molar-refractivity contribution < 1.29 is 19.4 Å². The quantitative estimate of drug-likeness (QED) is 0.762. The Morgan fingerprint density at radius 3 is 2.79 bits per heavy atom. The number of likely N-dealkylation sites (tertiary alicyclic amines) is 1. The molecule has 0 radical (unpaired) electrons. The van der Waals surface area contributed by atoms with Crippen LogP contribution in [0.2, 0.25) is 0 Å². The SMILES string of the molecule is C=CCN(CC(=O)O)C(=O)N1CCCC(C)(OC)C1. The van der Waals surface area contributed by atoms with Gasteiger partial charge in [-0.05, 0) is 19.8 Å². The molecule has 1 saturated heterocycles. The highest BCUT2D eigenvalue weighted by Crippen LogP contribution is 2.24. The molecule has 19 heavy (non-hydrogen) atoms. The van der Waals surface area contributed by atoms with Crippen LogP contribution in [0.1, 0.15) is 19.8 Å². The predicted molar refractivity (Wildman–Crippen MR) is 71.0 cm³/mol. The summed E-state index contributed by atoms with van der Waals surface area (Å²) in [7, 11) is 1.63. The minimum absolute atomic E-state index is 0.228. The number of amides is 2. The second-order valence-electron chi connectivity index (χ2n) is 5.02. The summed E-state index contributed by atoms with van der Waals surface area (Å²) in [6.07, 6.45) is 3.28. The number of carboxylic acids is 1. The number of nitrogens with zero attached hydrogens (tertiary/aromatic N) is 2. The van der Waals surface area contributed by atoms with E-state index in [2.05, 4.69) is 6.58 Å². The second kappa shape index (κ2) is 6.56. The number of hydrogen-bond acceptors (Lipinski definition) is 3. The van der Waals surface area contributed by atoms with Gasteiger partial charge in [0.15, 0.2) is 0 Å². The Balaban J connectivity index is 2.72. The van der Waals surface area contributed by atoms with Gasteiger partial charge in [-0.1, -0.05) is 6.08 Å². The number of carbonyl (C=O) groups is 2. The normalized spacial score (nSPS) is 22.9. The molecule has 1 heterocycles. The van der Waals surface area contributed by atoms with Crippen LogP contribution in [0, 0.1) is 0 Å². The molecule has 0 aromatic heterocycles. The van der Waals surface area contributed by atoms with Crippen molar-refractivity contribution in [3.63, 3.8) is 0 Å². The Labute approximate surface area is 113 Å². The summed E-state index contributed by atoms with van der Waals surface area (Å²) in [5.41, 5.74) is -0.350. The molecule has 0 spiro atoms. The molecule has 1 N–H and O–H groups in total.